The minimum absolute atomic E-state index is 0.0342. The summed E-state index contributed by atoms with van der Waals surface area (Å²) in [6, 6.07) is 23.4. The molecule has 0 saturated carbocycles. The van der Waals surface area contributed by atoms with E-state index in [0.29, 0.717) is 23.0 Å². The second kappa shape index (κ2) is 13.7. The molecule has 0 spiro atoms. The molecule has 2 atom stereocenters. The van der Waals surface area contributed by atoms with E-state index in [1.165, 1.54) is 24.3 Å². The van der Waals surface area contributed by atoms with Crippen molar-refractivity contribution in [1.82, 2.24) is 14.7 Å². The first-order valence-electron chi connectivity index (χ1n) is 16.9. The number of anilines is 2. The third-order valence-corrected chi connectivity index (χ3v) is 9.56. The molecule has 3 amide bonds. The van der Waals surface area contributed by atoms with Gasteiger partial charge in [-0.2, -0.15) is 5.10 Å². The van der Waals surface area contributed by atoms with Gasteiger partial charge in [-0.25, -0.2) is 13.9 Å². The van der Waals surface area contributed by atoms with Gasteiger partial charge in [-0.1, -0.05) is 50.6 Å². The van der Waals surface area contributed by atoms with Crippen molar-refractivity contribution in [2.45, 2.75) is 90.1 Å². The van der Waals surface area contributed by atoms with Crippen molar-refractivity contribution < 1.29 is 18.8 Å². The lowest BCUT2D eigenvalue weighted by molar-refractivity contribution is -0.136. The van der Waals surface area contributed by atoms with Crippen molar-refractivity contribution in [3.8, 4) is 5.69 Å². The summed E-state index contributed by atoms with van der Waals surface area (Å²) in [5, 5.41) is 10.8. The first-order chi connectivity index (χ1) is 22.9. The number of nitrogens with one attached hydrogen (secondary N) is 2. The fraction of sp³-hybridized carbons (Fsp3) is 0.385. The maximum Gasteiger partial charge on any atom is 0.324 e. The summed E-state index contributed by atoms with van der Waals surface area (Å²) in [7, 11) is 0. The number of halogens is 1. The number of carbonyl (C=O) groups is 3. The molecule has 2 aliphatic heterocycles. The van der Waals surface area contributed by atoms with Gasteiger partial charge in [0.25, 0.3) is 0 Å². The van der Waals surface area contributed by atoms with Crippen LogP contribution in [0.3, 0.4) is 0 Å². The summed E-state index contributed by atoms with van der Waals surface area (Å²) >= 11 is 0. The van der Waals surface area contributed by atoms with E-state index >= 15 is 0 Å². The fourth-order valence-corrected chi connectivity index (χ4v) is 7.10. The molecule has 2 unspecified atom stereocenters. The fourth-order valence-electron chi connectivity index (χ4n) is 7.10. The number of fused-ring (bicyclic) bond motifs is 2. The molecule has 250 valence electrons. The number of Topliss-reactive ketones (excluding diaryl/α,β-unsaturated/α-hetero) is 1. The van der Waals surface area contributed by atoms with Crippen LogP contribution >= 0.6 is 0 Å². The van der Waals surface area contributed by atoms with Gasteiger partial charge in [-0.05, 0) is 99.0 Å². The van der Waals surface area contributed by atoms with Crippen molar-refractivity contribution in [2.24, 2.45) is 5.92 Å². The summed E-state index contributed by atoms with van der Waals surface area (Å²) < 4.78 is 15.0. The van der Waals surface area contributed by atoms with E-state index in [2.05, 4.69) is 37.5 Å². The molecule has 48 heavy (non-hydrogen) atoms. The zero-order valence-corrected chi connectivity index (χ0v) is 28.1. The van der Waals surface area contributed by atoms with Crippen LogP contribution in [0.15, 0.2) is 78.9 Å². The van der Waals surface area contributed by atoms with Crippen LogP contribution in [0.25, 0.3) is 5.69 Å². The molecule has 2 aliphatic rings. The van der Waals surface area contributed by atoms with Gasteiger partial charge in [0.15, 0.2) is 5.78 Å². The number of amides is 3. The molecule has 8 nitrogen and oxygen atoms in total. The van der Waals surface area contributed by atoms with Gasteiger partial charge in [-0.15, -0.1) is 0 Å². The predicted molar refractivity (Wildman–Crippen MR) is 186 cm³/mol. The molecule has 0 aliphatic carbocycles. The van der Waals surface area contributed by atoms with E-state index in [4.69, 9.17) is 5.10 Å². The van der Waals surface area contributed by atoms with Gasteiger partial charge in [0.1, 0.15) is 11.6 Å². The molecule has 9 heteroatoms. The van der Waals surface area contributed by atoms with Crippen LogP contribution in [0.2, 0.25) is 0 Å². The minimum Gasteiger partial charge on any atom is -0.337 e. The maximum absolute atomic E-state index is 13.2. The van der Waals surface area contributed by atoms with E-state index < -0.39 is 0 Å². The van der Waals surface area contributed by atoms with E-state index in [-0.39, 0.29) is 53.9 Å². The number of carbonyl (C=O) groups excluding carboxylic acids is 3. The smallest absolute Gasteiger partial charge is 0.324 e. The number of benzene rings is 3. The summed E-state index contributed by atoms with van der Waals surface area (Å²) in [4.78, 5) is 41.0. The van der Waals surface area contributed by atoms with E-state index in [0.717, 1.165) is 54.6 Å². The Kier molecular flexibility index (Phi) is 9.49. The van der Waals surface area contributed by atoms with Crippen LogP contribution in [0, 0.1) is 18.7 Å². The molecule has 1 aromatic heterocycles. The van der Waals surface area contributed by atoms with Crippen LogP contribution < -0.4 is 10.6 Å². The summed E-state index contributed by atoms with van der Waals surface area (Å²) in [5.41, 5.74) is 4.99. The number of aromatic nitrogens is 2. The van der Waals surface area contributed by atoms with Gasteiger partial charge >= 0.3 is 6.03 Å². The quantitative estimate of drug-likeness (QED) is 0.179. The monoisotopic (exact) mass is 649 g/mol. The third-order valence-electron chi connectivity index (χ3n) is 9.56. The third kappa shape index (κ3) is 7.67. The van der Waals surface area contributed by atoms with Crippen molar-refractivity contribution >= 4 is 29.2 Å². The zero-order chi connectivity index (χ0) is 34.0. The van der Waals surface area contributed by atoms with Crippen LogP contribution in [0.4, 0.5) is 20.7 Å². The topological polar surface area (TPSA) is 96.3 Å². The highest BCUT2D eigenvalue weighted by Gasteiger charge is 2.42. The van der Waals surface area contributed by atoms with Gasteiger partial charge in [0.2, 0.25) is 5.91 Å². The van der Waals surface area contributed by atoms with Crippen LogP contribution in [-0.2, 0) is 16.6 Å². The predicted octanol–water partition coefficient (Wildman–Crippen LogP) is 8.24. The number of hydrogen-bond donors (Lipinski definition) is 2. The lowest BCUT2D eigenvalue weighted by Gasteiger charge is -2.39. The molecule has 6 rings (SSSR count). The van der Waals surface area contributed by atoms with E-state index in [9.17, 15) is 18.8 Å². The Morgan fingerprint density at radius 2 is 1.56 bits per heavy atom. The number of rotatable bonds is 9. The SMILES string of the molecule is Cc1ccc(-n2nc(C(C)(C)C)cc2NC(=O)Nc2cccc(CC3CC4CCC(C3)N4C(=O)CCC(=O)c3ccc(F)cc3)c2)cc1. The van der Waals surface area contributed by atoms with Crippen LogP contribution in [-0.4, -0.2) is 44.5 Å². The molecule has 4 aromatic rings. The van der Waals surface area contributed by atoms with Gasteiger partial charge < -0.3 is 10.2 Å². The highest BCUT2D eigenvalue weighted by atomic mass is 19.1. The number of nitrogens with zero attached hydrogens (tertiary/aromatic N) is 3. The lowest BCUT2D eigenvalue weighted by Crippen LogP contribution is -2.47. The molecule has 2 bridgehead atoms. The second-order valence-corrected chi connectivity index (χ2v) is 14.3. The molecular formula is C39H44FN5O3. The number of piperidine rings is 1. The molecule has 0 radical (unpaired) electrons. The van der Waals surface area contributed by atoms with Crippen molar-refractivity contribution in [1.29, 1.82) is 0 Å². The normalized spacial score (nSPS) is 18.9. The van der Waals surface area contributed by atoms with E-state index in [1.807, 2.05) is 60.4 Å². The Labute approximate surface area is 281 Å². The molecule has 2 fully saturated rings. The average Bonchev–Trinajstić information content (AvgIpc) is 3.59. The first kappa shape index (κ1) is 33.1. The average molecular weight is 650 g/mol. The van der Waals surface area contributed by atoms with Crippen molar-refractivity contribution in [3.05, 3.63) is 107 Å². The maximum atomic E-state index is 13.2. The highest BCUT2D eigenvalue weighted by molar-refractivity contribution is 5.99. The largest absolute Gasteiger partial charge is 0.337 e. The van der Waals surface area contributed by atoms with Crippen LogP contribution in [0.1, 0.15) is 86.5 Å². The Balaban J connectivity index is 1.05. The Morgan fingerprint density at radius 3 is 2.23 bits per heavy atom. The molecule has 2 N–H and O–H groups in total. The second-order valence-electron chi connectivity index (χ2n) is 14.3. The minimum atomic E-state index is -0.386. The Morgan fingerprint density at radius 1 is 0.875 bits per heavy atom. The van der Waals surface area contributed by atoms with Gasteiger partial charge in [0.05, 0.1) is 11.4 Å². The van der Waals surface area contributed by atoms with E-state index in [1.54, 1.807) is 4.68 Å². The zero-order valence-electron chi connectivity index (χ0n) is 28.1. The molecule has 3 heterocycles. The number of urea groups is 1. The summed E-state index contributed by atoms with van der Waals surface area (Å²) in [5.74, 6) is 0.528. The molecule has 2 saturated heterocycles. The number of hydrogen-bond acceptors (Lipinski definition) is 4. The molecular weight excluding hydrogens is 605 g/mol. The summed E-state index contributed by atoms with van der Waals surface area (Å²) in [6.45, 7) is 8.32. The van der Waals surface area contributed by atoms with Gasteiger partial charge in [0, 0.05) is 47.7 Å². The number of ketones is 1. The van der Waals surface area contributed by atoms with Crippen LogP contribution in [0.5, 0.6) is 0 Å². The lowest BCUT2D eigenvalue weighted by atomic mass is 9.85. The Bertz CT molecular complexity index is 1780. The highest BCUT2D eigenvalue weighted by Crippen LogP contribution is 2.40. The first-order valence-corrected chi connectivity index (χ1v) is 16.9. The standard InChI is InChI=1S/C39H44FN5O3/c1-25-8-14-31(15-9-25)45-36(24-35(43-45)39(2,3)4)42-38(48)41-30-7-5-6-26(21-30)20-27-22-32-16-17-33(23-27)44(32)37(47)19-18-34(46)28-10-12-29(40)13-11-28/h5-15,21,24,27,32-33H,16-20,22-23H2,1-4H3,(H2,41,42,48). The van der Waals surface area contributed by atoms with Gasteiger partial charge in [-0.3, -0.25) is 14.9 Å². The Hall–Kier alpha value is -4.79. The summed E-state index contributed by atoms with van der Waals surface area (Å²) in [6.07, 6.45) is 4.98. The van der Waals surface area contributed by atoms with Crippen molar-refractivity contribution in [2.75, 3.05) is 10.6 Å². The van der Waals surface area contributed by atoms with Crippen molar-refractivity contribution in [3.63, 3.8) is 0 Å². The number of aryl methyl sites for hydroxylation is 1. The molecule has 3 aromatic carbocycles.